The van der Waals surface area contributed by atoms with Crippen LogP contribution in [0, 0.1) is 6.92 Å². The largest absolute Gasteiger partial charge is 0.497 e. The average molecular weight is 407 g/mol. The van der Waals surface area contributed by atoms with Crippen LogP contribution in [0.25, 0.3) is 0 Å². The molecule has 1 atom stereocenters. The smallest absolute Gasteiger partial charge is 0.223 e. The molecule has 0 saturated heterocycles. The van der Waals surface area contributed by atoms with Crippen molar-refractivity contribution in [3.05, 3.63) is 88.3 Å². The van der Waals surface area contributed by atoms with Crippen molar-refractivity contribution in [1.29, 1.82) is 0 Å². The second kappa shape index (κ2) is 9.78. The molecule has 6 nitrogen and oxygen atoms in total. The summed E-state index contributed by atoms with van der Waals surface area (Å²) in [6.07, 6.45) is 0.927. The Labute approximate surface area is 175 Å². The number of ether oxygens (including phenoxy) is 3. The Hall–Kier alpha value is -3.54. The van der Waals surface area contributed by atoms with Crippen LogP contribution < -0.4 is 19.6 Å². The lowest BCUT2D eigenvalue weighted by atomic mass is 10.1. The zero-order chi connectivity index (χ0) is 21.5. The minimum atomic E-state index is -0.773. The van der Waals surface area contributed by atoms with Gasteiger partial charge in [0.25, 0.3) is 0 Å². The molecule has 1 unspecified atom stereocenters. The molecule has 2 aromatic carbocycles. The predicted molar refractivity (Wildman–Crippen MR) is 115 cm³/mol. The van der Waals surface area contributed by atoms with Gasteiger partial charge < -0.3 is 18.8 Å². The summed E-state index contributed by atoms with van der Waals surface area (Å²) in [4.78, 5) is 24.9. The van der Waals surface area contributed by atoms with Gasteiger partial charge in [-0.15, -0.1) is 0 Å². The number of rotatable bonds is 9. The normalized spacial score (nSPS) is 11.6. The van der Waals surface area contributed by atoms with Crippen molar-refractivity contribution in [1.82, 2.24) is 4.57 Å². The number of methoxy groups -OCH3 is 1. The Kier molecular flexibility index (Phi) is 6.91. The molecule has 1 aromatic heterocycles. The van der Waals surface area contributed by atoms with Crippen LogP contribution in [-0.4, -0.2) is 30.2 Å². The summed E-state index contributed by atoms with van der Waals surface area (Å²) in [7, 11) is 1.61. The summed E-state index contributed by atoms with van der Waals surface area (Å²) in [6.45, 7) is 4.38. The molecule has 0 spiro atoms. The van der Waals surface area contributed by atoms with Gasteiger partial charge in [0.05, 0.1) is 19.3 Å². The third-order valence-electron chi connectivity index (χ3n) is 4.77. The SMILES string of the molecule is COc1ccc(OCCn2ccc(=O)c(OC(C)C(=O)c3ccccc3)c2C)cc1. The number of pyridine rings is 1. The van der Waals surface area contributed by atoms with E-state index < -0.39 is 6.10 Å². The number of ketones is 1. The first-order valence-electron chi connectivity index (χ1n) is 9.72. The van der Waals surface area contributed by atoms with Crippen molar-refractivity contribution in [3.8, 4) is 17.2 Å². The van der Waals surface area contributed by atoms with Crippen LogP contribution >= 0.6 is 0 Å². The Morgan fingerprint density at radius 1 is 1.00 bits per heavy atom. The second-order valence-corrected chi connectivity index (χ2v) is 6.80. The van der Waals surface area contributed by atoms with E-state index in [1.807, 2.05) is 34.9 Å². The van der Waals surface area contributed by atoms with Crippen LogP contribution in [0.15, 0.2) is 71.7 Å². The molecule has 0 amide bonds. The van der Waals surface area contributed by atoms with Gasteiger partial charge in [0.1, 0.15) is 18.1 Å². The van der Waals surface area contributed by atoms with E-state index in [1.165, 1.54) is 6.07 Å². The first-order valence-corrected chi connectivity index (χ1v) is 9.72. The van der Waals surface area contributed by atoms with Gasteiger partial charge in [-0.2, -0.15) is 0 Å². The second-order valence-electron chi connectivity index (χ2n) is 6.80. The maximum absolute atomic E-state index is 12.6. The van der Waals surface area contributed by atoms with E-state index in [0.29, 0.717) is 24.4 Å². The number of hydrogen-bond acceptors (Lipinski definition) is 5. The number of nitrogens with zero attached hydrogens (tertiary/aromatic N) is 1. The third kappa shape index (κ3) is 5.08. The van der Waals surface area contributed by atoms with Crippen molar-refractivity contribution >= 4 is 5.78 Å². The lowest BCUT2D eigenvalue weighted by Crippen LogP contribution is -2.28. The number of carbonyl (C=O) groups is 1. The highest BCUT2D eigenvalue weighted by atomic mass is 16.5. The molecular weight excluding hydrogens is 382 g/mol. The lowest BCUT2D eigenvalue weighted by Gasteiger charge is -2.18. The van der Waals surface area contributed by atoms with E-state index in [-0.39, 0.29) is 17.0 Å². The van der Waals surface area contributed by atoms with Crippen LogP contribution in [0.4, 0.5) is 0 Å². The van der Waals surface area contributed by atoms with Crippen molar-refractivity contribution in [2.24, 2.45) is 0 Å². The van der Waals surface area contributed by atoms with Gasteiger partial charge in [-0.3, -0.25) is 9.59 Å². The molecule has 0 aliphatic carbocycles. The van der Waals surface area contributed by atoms with Gasteiger partial charge in [0.15, 0.2) is 11.9 Å². The molecule has 0 fully saturated rings. The minimum absolute atomic E-state index is 0.173. The van der Waals surface area contributed by atoms with Crippen LogP contribution in [0.2, 0.25) is 0 Å². The van der Waals surface area contributed by atoms with Crippen molar-refractivity contribution in [3.63, 3.8) is 0 Å². The fourth-order valence-corrected chi connectivity index (χ4v) is 3.04. The fourth-order valence-electron chi connectivity index (χ4n) is 3.04. The molecule has 0 saturated carbocycles. The lowest BCUT2D eigenvalue weighted by molar-refractivity contribution is 0.0814. The number of benzene rings is 2. The summed E-state index contributed by atoms with van der Waals surface area (Å²) in [5, 5.41) is 0. The summed E-state index contributed by atoms with van der Waals surface area (Å²) in [5.74, 6) is 1.50. The van der Waals surface area contributed by atoms with Crippen molar-refractivity contribution in [2.75, 3.05) is 13.7 Å². The molecule has 3 rings (SSSR count). The summed E-state index contributed by atoms with van der Waals surface area (Å²) in [6, 6.07) is 17.7. The van der Waals surface area contributed by atoms with Crippen LogP contribution in [0.1, 0.15) is 23.0 Å². The van der Waals surface area contributed by atoms with Gasteiger partial charge >= 0.3 is 0 Å². The Morgan fingerprint density at radius 3 is 2.33 bits per heavy atom. The molecule has 1 heterocycles. The van der Waals surface area contributed by atoms with Gasteiger partial charge in [0, 0.05) is 17.8 Å². The van der Waals surface area contributed by atoms with E-state index in [1.54, 1.807) is 51.4 Å². The molecule has 30 heavy (non-hydrogen) atoms. The summed E-state index contributed by atoms with van der Waals surface area (Å²) >= 11 is 0. The number of aromatic nitrogens is 1. The quantitative estimate of drug-likeness (QED) is 0.504. The maximum Gasteiger partial charge on any atom is 0.223 e. The predicted octanol–water partition coefficient (Wildman–Crippen LogP) is 3.89. The summed E-state index contributed by atoms with van der Waals surface area (Å²) < 4.78 is 18.6. The zero-order valence-corrected chi connectivity index (χ0v) is 17.3. The number of hydrogen-bond donors (Lipinski definition) is 0. The molecule has 3 aromatic rings. The molecule has 6 heteroatoms. The highest BCUT2D eigenvalue weighted by Gasteiger charge is 2.19. The third-order valence-corrected chi connectivity index (χ3v) is 4.77. The first kappa shape index (κ1) is 21.2. The molecule has 0 N–H and O–H groups in total. The minimum Gasteiger partial charge on any atom is -0.497 e. The Balaban J connectivity index is 1.67. The van der Waals surface area contributed by atoms with Gasteiger partial charge in [-0.25, -0.2) is 0 Å². The molecular formula is C24H25NO5. The molecule has 0 radical (unpaired) electrons. The maximum atomic E-state index is 12.6. The Bertz CT molecular complexity index is 1040. The standard InChI is InChI=1S/C24H25NO5/c1-17-24(30-18(2)23(27)19-7-5-4-6-8-19)22(26)13-14-25(17)15-16-29-21-11-9-20(28-3)10-12-21/h4-14,18H,15-16H2,1-3H3. The molecule has 0 bridgehead atoms. The van der Waals surface area contributed by atoms with Crippen LogP contribution in [0.3, 0.4) is 0 Å². The van der Waals surface area contributed by atoms with Crippen LogP contribution in [0.5, 0.6) is 17.2 Å². The van der Waals surface area contributed by atoms with Gasteiger partial charge in [-0.05, 0) is 38.1 Å². The molecule has 0 aliphatic heterocycles. The summed E-state index contributed by atoms with van der Waals surface area (Å²) in [5.41, 5.74) is 0.938. The topological polar surface area (TPSA) is 66.8 Å². The van der Waals surface area contributed by atoms with E-state index in [4.69, 9.17) is 14.2 Å². The first-order chi connectivity index (χ1) is 14.5. The molecule has 156 valence electrons. The van der Waals surface area contributed by atoms with Gasteiger partial charge in [0.2, 0.25) is 11.2 Å². The van der Waals surface area contributed by atoms with Crippen molar-refractivity contribution in [2.45, 2.75) is 26.5 Å². The fraction of sp³-hybridized carbons (Fsp3) is 0.250. The van der Waals surface area contributed by atoms with E-state index >= 15 is 0 Å². The highest BCUT2D eigenvalue weighted by molar-refractivity contribution is 5.99. The molecule has 0 aliphatic rings. The number of Topliss-reactive ketones (excluding diaryl/α,β-unsaturated/α-hetero) is 1. The number of carbonyl (C=O) groups excluding carboxylic acids is 1. The van der Waals surface area contributed by atoms with Gasteiger partial charge in [-0.1, -0.05) is 30.3 Å². The highest BCUT2D eigenvalue weighted by Crippen LogP contribution is 2.18. The van der Waals surface area contributed by atoms with E-state index in [0.717, 1.165) is 11.5 Å². The average Bonchev–Trinajstić information content (AvgIpc) is 2.78. The van der Waals surface area contributed by atoms with E-state index in [2.05, 4.69) is 0 Å². The Morgan fingerprint density at radius 2 is 1.67 bits per heavy atom. The monoisotopic (exact) mass is 407 g/mol. The van der Waals surface area contributed by atoms with Crippen LogP contribution in [-0.2, 0) is 6.54 Å². The van der Waals surface area contributed by atoms with Crippen molar-refractivity contribution < 1.29 is 19.0 Å². The zero-order valence-electron chi connectivity index (χ0n) is 17.3. The van der Waals surface area contributed by atoms with E-state index in [9.17, 15) is 9.59 Å².